The Morgan fingerprint density at radius 3 is 2.47 bits per heavy atom. The summed E-state index contributed by atoms with van der Waals surface area (Å²) >= 11 is 5.87. The van der Waals surface area contributed by atoms with Gasteiger partial charge in [-0.15, -0.1) is 0 Å². The third kappa shape index (κ3) is 3.21. The van der Waals surface area contributed by atoms with Crippen molar-refractivity contribution in [1.82, 2.24) is 4.98 Å². The van der Waals surface area contributed by atoms with E-state index < -0.39 is 0 Å². The van der Waals surface area contributed by atoms with Crippen molar-refractivity contribution in [2.75, 3.05) is 11.9 Å². The molecule has 3 heteroatoms. The average Bonchev–Trinajstić information content (AvgIpc) is 2.29. The lowest BCUT2D eigenvalue weighted by Gasteiger charge is -2.19. The van der Waals surface area contributed by atoms with E-state index in [1.807, 2.05) is 19.2 Å². The van der Waals surface area contributed by atoms with Crippen molar-refractivity contribution in [3.05, 3.63) is 58.9 Å². The maximum Gasteiger partial charge on any atom is 0.129 e. The van der Waals surface area contributed by atoms with Crippen LogP contribution in [0.25, 0.3) is 0 Å². The molecule has 0 spiro atoms. The molecule has 0 aliphatic rings. The lowest BCUT2D eigenvalue weighted by molar-refractivity contribution is 0.885. The predicted octanol–water partition coefficient (Wildman–Crippen LogP) is 3.68. The van der Waals surface area contributed by atoms with E-state index in [9.17, 15) is 0 Å². The van der Waals surface area contributed by atoms with Crippen LogP contribution in [0.4, 0.5) is 5.69 Å². The summed E-state index contributed by atoms with van der Waals surface area (Å²) in [5.74, 6) is 0. The van der Waals surface area contributed by atoms with E-state index >= 15 is 0 Å². The molecule has 88 valence electrons. The molecule has 0 unspecified atom stereocenters. The zero-order chi connectivity index (χ0) is 12.3. The van der Waals surface area contributed by atoms with Crippen molar-refractivity contribution in [2.45, 2.75) is 13.5 Å². The van der Waals surface area contributed by atoms with Gasteiger partial charge in [0.2, 0.25) is 0 Å². The highest BCUT2D eigenvalue weighted by Gasteiger charge is 2.03. The second-order valence-electron chi connectivity index (χ2n) is 4.14. The number of benzene rings is 1. The van der Waals surface area contributed by atoms with Crippen LogP contribution in [0.1, 0.15) is 11.3 Å². The Morgan fingerprint density at radius 2 is 1.82 bits per heavy atom. The van der Waals surface area contributed by atoms with Crippen LogP contribution in [0.2, 0.25) is 5.15 Å². The highest BCUT2D eigenvalue weighted by atomic mass is 35.5. The fourth-order valence-electron chi connectivity index (χ4n) is 1.67. The smallest absolute Gasteiger partial charge is 0.129 e. The van der Waals surface area contributed by atoms with Crippen molar-refractivity contribution in [3.8, 4) is 0 Å². The number of pyridine rings is 1. The van der Waals surface area contributed by atoms with E-state index in [0.29, 0.717) is 5.15 Å². The number of hydrogen-bond acceptors (Lipinski definition) is 2. The minimum atomic E-state index is 0.541. The van der Waals surface area contributed by atoms with Crippen LogP contribution in [-0.4, -0.2) is 12.0 Å². The second kappa shape index (κ2) is 5.19. The van der Waals surface area contributed by atoms with Gasteiger partial charge in [0.15, 0.2) is 0 Å². The standard InChI is InChI=1S/C14H15ClN2/c1-11-6-8-13(9-7-11)17(2)10-12-4-3-5-14(15)16-12/h3-9H,10H2,1-2H3. The molecule has 0 amide bonds. The summed E-state index contributed by atoms with van der Waals surface area (Å²) in [6.07, 6.45) is 0. The second-order valence-corrected chi connectivity index (χ2v) is 4.53. The molecule has 0 radical (unpaired) electrons. The molecule has 0 aliphatic carbocycles. The molecule has 2 nitrogen and oxygen atoms in total. The van der Waals surface area contributed by atoms with E-state index in [4.69, 9.17) is 11.6 Å². The van der Waals surface area contributed by atoms with Crippen LogP contribution in [-0.2, 0) is 6.54 Å². The van der Waals surface area contributed by atoms with Crippen LogP contribution < -0.4 is 4.90 Å². The topological polar surface area (TPSA) is 16.1 Å². The third-order valence-electron chi connectivity index (χ3n) is 2.65. The Hall–Kier alpha value is -1.54. The van der Waals surface area contributed by atoms with Gasteiger partial charge in [0.25, 0.3) is 0 Å². The SMILES string of the molecule is Cc1ccc(N(C)Cc2cccc(Cl)n2)cc1. The third-order valence-corrected chi connectivity index (χ3v) is 2.86. The van der Waals surface area contributed by atoms with Gasteiger partial charge in [0.05, 0.1) is 12.2 Å². The zero-order valence-electron chi connectivity index (χ0n) is 10.0. The molecule has 0 atom stereocenters. The molecule has 0 saturated carbocycles. The highest BCUT2D eigenvalue weighted by Crippen LogP contribution is 2.16. The molecule has 0 N–H and O–H groups in total. The van der Waals surface area contributed by atoms with Gasteiger partial charge in [-0.1, -0.05) is 35.4 Å². The summed E-state index contributed by atoms with van der Waals surface area (Å²) in [5.41, 5.74) is 3.42. The van der Waals surface area contributed by atoms with Crippen molar-refractivity contribution in [1.29, 1.82) is 0 Å². The fourth-order valence-corrected chi connectivity index (χ4v) is 1.85. The summed E-state index contributed by atoms with van der Waals surface area (Å²) in [7, 11) is 2.05. The largest absolute Gasteiger partial charge is 0.369 e. The van der Waals surface area contributed by atoms with Gasteiger partial charge in [-0.2, -0.15) is 0 Å². The predicted molar refractivity (Wildman–Crippen MR) is 72.5 cm³/mol. The van der Waals surface area contributed by atoms with Crippen LogP contribution in [0.15, 0.2) is 42.5 Å². The first-order chi connectivity index (χ1) is 8.15. The van der Waals surface area contributed by atoms with Crippen LogP contribution in [0, 0.1) is 6.92 Å². The summed E-state index contributed by atoms with van der Waals surface area (Å²) in [5, 5.41) is 0.541. The Kier molecular flexibility index (Phi) is 3.64. The van der Waals surface area contributed by atoms with E-state index in [2.05, 4.69) is 41.1 Å². The van der Waals surface area contributed by atoms with Crippen molar-refractivity contribution >= 4 is 17.3 Å². The Balaban J connectivity index is 2.11. The first-order valence-electron chi connectivity index (χ1n) is 5.54. The number of anilines is 1. The molecule has 0 saturated heterocycles. The molecule has 2 aromatic rings. The quantitative estimate of drug-likeness (QED) is 0.768. The van der Waals surface area contributed by atoms with E-state index in [1.165, 1.54) is 11.3 Å². The highest BCUT2D eigenvalue weighted by molar-refractivity contribution is 6.29. The summed E-state index contributed by atoms with van der Waals surface area (Å²) in [6.45, 7) is 2.84. The van der Waals surface area contributed by atoms with E-state index in [1.54, 1.807) is 6.07 Å². The molecule has 1 aromatic heterocycles. The van der Waals surface area contributed by atoms with Gasteiger partial charge in [0, 0.05) is 12.7 Å². The van der Waals surface area contributed by atoms with Gasteiger partial charge >= 0.3 is 0 Å². The van der Waals surface area contributed by atoms with Crippen molar-refractivity contribution < 1.29 is 0 Å². The van der Waals surface area contributed by atoms with Gasteiger partial charge in [0.1, 0.15) is 5.15 Å². The van der Waals surface area contributed by atoms with Gasteiger partial charge in [-0.3, -0.25) is 0 Å². The van der Waals surface area contributed by atoms with E-state index in [0.717, 1.165) is 12.2 Å². The fraction of sp³-hybridized carbons (Fsp3) is 0.214. The monoisotopic (exact) mass is 246 g/mol. The number of aryl methyl sites for hydroxylation is 1. The Morgan fingerprint density at radius 1 is 1.12 bits per heavy atom. The zero-order valence-corrected chi connectivity index (χ0v) is 10.8. The molecule has 1 aromatic carbocycles. The summed E-state index contributed by atoms with van der Waals surface area (Å²) < 4.78 is 0. The molecule has 0 bridgehead atoms. The lowest BCUT2D eigenvalue weighted by atomic mass is 10.2. The number of nitrogens with zero attached hydrogens (tertiary/aromatic N) is 2. The Bertz CT molecular complexity index is 494. The van der Waals surface area contributed by atoms with Gasteiger partial charge in [-0.25, -0.2) is 4.98 Å². The number of hydrogen-bond donors (Lipinski definition) is 0. The molecule has 17 heavy (non-hydrogen) atoms. The molecule has 0 aliphatic heterocycles. The van der Waals surface area contributed by atoms with E-state index in [-0.39, 0.29) is 0 Å². The van der Waals surface area contributed by atoms with Crippen LogP contribution >= 0.6 is 11.6 Å². The van der Waals surface area contributed by atoms with Crippen molar-refractivity contribution in [2.24, 2.45) is 0 Å². The lowest BCUT2D eigenvalue weighted by Crippen LogP contribution is -2.17. The van der Waals surface area contributed by atoms with Crippen molar-refractivity contribution in [3.63, 3.8) is 0 Å². The maximum atomic E-state index is 5.87. The maximum absolute atomic E-state index is 5.87. The number of aromatic nitrogens is 1. The molecule has 2 rings (SSSR count). The molecular formula is C14H15ClN2. The molecule has 0 fully saturated rings. The normalized spacial score (nSPS) is 10.3. The summed E-state index contributed by atoms with van der Waals surface area (Å²) in [6, 6.07) is 14.1. The number of halogens is 1. The molecule has 1 heterocycles. The minimum absolute atomic E-state index is 0.541. The Labute approximate surface area is 107 Å². The van der Waals surface area contributed by atoms with Crippen LogP contribution in [0.5, 0.6) is 0 Å². The van der Waals surface area contributed by atoms with Gasteiger partial charge < -0.3 is 4.90 Å². The first kappa shape index (κ1) is 11.9. The summed E-state index contributed by atoms with van der Waals surface area (Å²) in [4.78, 5) is 6.43. The van der Waals surface area contributed by atoms with Gasteiger partial charge in [-0.05, 0) is 31.2 Å². The van der Waals surface area contributed by atoms with Crippen LogP contribution in [0.3, 0.4) is 0 Å². The first-order valence-corrected chi connectivity index (χ1v) is 5.92. The minimum Gasteiger partial charge on any atom is -0.369 e. The average molecular weight is 247 g/mol. The molecular weight excluding hydrogens is 232 g/mol. The number of rotatable bonds is 3.